The normalized spacial score (nSPS) is 40.8. The molecule has 25 heavy (non-hydrogen) atoms. The predicted octanol–water partition coefficient (Wildman–Crippen LogP) is 3.91. The van der Waals surface area contributed by atoms with Gasteiger partial charge in [-0.1, -0.05) is 23.8 Å². The SMILES string of the molecule is COC(C)(C)C12C=CC(C)(O)CCC=C(C)CCC(O)C(C)(CC1)O2. The van der Waals surface area contributed by atoms with Crippen molar-refractivity contribution < 1.29 is 19.7 Å². The molecular weight excluding hydrogens is 316 g/mol. The lowest BCUT2D eigenvalue weighted by molar-refractivity contribution is -0.198. The quantitative estimate of drug-likeness (QED) is 0.740. The summed E-state index contributed by atoms with van der Waals surface area (Å²) in [5, 5.41) is 21.6. The second kappa shape index (κ2) is 7.15. The maximum Gasteiger partial charge on any atom is 0.116 e. The standard InChI is InChI=1S/C21H36O4/c1-16-8-7-11-19(4,23)12-14-21(18(2,3)24-6)15-13-20(5,25-21)17(22)10-9-16/h8,12,14,17,22-23H,7,9-11,13,15H2,1-6H3. The first-order valence-corrected chi connectivity index (χ1v) is 9.47. The monoisotopic (exact) mass is 352 g/mol. The van der Waals surface area contributed by atoms with E-state index in [1.165, 1.54) is 5.57 Å². The minimum atomic E-state index is -0.900. The van der Waals surface area contributed by atoms with Crippen LogP contribution in [0, 0.1) is 0 Å². The molecule has 0 aromatic carbocycles. The highest BCUT2D eigenvalue weighted by Gasteiger charge is 2.56. The molecule has 0 aromatic heterocycles. The number of fused-ring (bicyclic) bond motifs is 2. The minimum Gasteiger partial charge on any atom is -0.390 e. The fourth-order valence-electron chi connectivity index (χ4n) is 3.88. The van der Waals surface area contributed by atoms with Gasteiger partial charge < -0.3 is 19.7 Å². The van der Waals surface area contributed by atoms with Gasteiger partial charge in [0.15, 0.2) is 0 Å². The van der Waals surface area contributed by atoms with Gasteiger partial charge >= 0.3 is 0 Å². The van der Waals surface area contributed by atoms with Crippen molar-refractivity contribution in [1.82, 2.24) is 0 Å². The summed E-state index contributed by atoms with van der Waals surface area (Å²) in [6, 6.07) is 0. The molecule has 4 unspecified atom stereocenters. The summed E-state index contributed by atoms with van der Waals surface area (Å²) in [6.45, 7) is 9.94. The Kier molecular flexibility index (Phi) is 5.90. The number of hydrogen-bond acceptors (Lipinski definition) is 4. The maximum atomic E-state index is 10.8. The average Bonchev–Trinajstić information content (AvgIpc) is 2.90. The molecule has 0 aliphatic carbocycles. The molecule has 0 radical (unpaired) electrons. The summed E-state index contributed by atoms with van der Waals surface area (Å²) in [5.41, 5.74) is -1.49. The number of rotatable bonds is 2. The van der Waals surface area contributed by atoms with Crippen LogP contribution in [0.3, 0.4) is 0 Å². The summed E-state index contributed by atoms with van der Waals surface area (Å²) in [7, 11) is 1.69. The van der Waals surface area contributed by atoms with Gasteiger partial charge in [-0.2, -0.15) is 0 Å². The van der Waals surface area contributed by atoms with Gasteiger partial charge in [-0.3, -0.25) is 0 Å². The molecule has 2 rings (SSSR count). The van der Waals surface area contributed by atoms with Crippen LogP contribution in [0.25, 0.3) is 0 Å². The lowest BCUT2D eigenvalue weighted by atomic mass is 9.80. The average molecular weight is 353 g/mol. The molecule has 0 amide bonds. The summed E-state index contributed by atoms with van der Waals surface area (Å²) >= 11 is 0. The zero-order chi connectivity index (χ0) is 18.9. The summed E-state index contributed by atoms with van der Waals surface area (Å²) in [4.78, 5) is 0. The van der Waals surface area contributed by atoms with Crippen molar-refractivity contribution in [3.63, 3.8) is 0 Å². The van der Waals surface area contributed by atoms with Gasteiger partial charge in [0, 0.05) is 7.11 Å². The highest BCUT2D eigenvalue weighted by Crippen LogP contribution is 2.48. The Morgan fingerprint density at radius 1 is 1.20 bits per heavy atom. The number of aliphatic hydroxyl groups excluding tert-OH is 1. The Balaban J connectivity index is 2.44. The third-order valence-electron chi connectivity index (χ3n) is 6.31. The first-order valence-electron chi connectivity index (χ1n) is 9.47. The smallest absolute Gasteiger partial charge is 0.116 e. The van der Waals surface area contributed by atoms with Crippen molar-refractivity contribution >= 4 is 0 Å². The third-order valence-corrected chi connectivity index (χ3v) is 6.31. The number of aliphatic hydroxyl groups is 2. The van der Waals surface area contributed by atoms with Crippen molar-refractivity contribution in [1.29, 1.82) is 0 Å². The van der Waals surface area contributed by atoms with Crippen molar-refractivity contribution in [2.75, 3.05) is 7.11 Å². The van der Waals surface area contributed by atoms with E-state index in [0.29, 0.717) is 12.8 Å². The van der Waals surface area contributed by atoms with Gasteiger partial charge in [0.1, 0.15) is 5.60 Å². The molecule has 0 spiro atoms. The molecule has 0 saturated carbocycles. The van der Waals surface area contributed by atoms with Crippen LogP contribution in [-0.4, -0.2) is 45.8 Å². The van der Waals surface area contributed by atoms with Gasteiger partial charge in [-0.05, 0) is 73.1 Å². The van der Waals surface area contributed by atoms with Gasteiger partial charge in [0.2, 0.25) is 0 Å². The number of allylic oxidation sites excluding steroid dienone is 2. The van der Waals surface area contributed by atoms with E-state index in [1.807, 2.05) is 39.8 Å². The lowest BCUT2D eigenvalue weighted by Gasteiger charge is -2.43. The first-order chi connectivity index (χ1) is 11.5. The molecule has 4 nitrogen and oxygen atoms in total. The molecule has 144 valence electrons. The summed E-state index contributed by atoms with van der Waals surface area (Å²) < 4.78 is 12.3. The number of ether oxygens (including phenoxy) is 2. The highest BCUT2D eigenvalue weighted by atomic mass is 16.6. The highest BCUT2D eigenvalue weighted by molar-refractivity contribution is 5.20. The zero-order valence-corrected chi connectivity index (χ0v) is 16.8. The predicted molar refractivity (Wildman–Crippen MR) is 101 cm³/mol. The van der Waals surface area contributed by atoms with Crippen molar-refractivity contribution in [3.05, 3.63) is 23.8 Å². The van der Waals surface area contributed by atoms with Crippen LogP contribution in [0.5, 0.6) is 0 Å². The molecule has 4 atom stereocenters. The van der Waals surface area contributed by atoms with Crippen LogP contribution in [0.1, 0.15) is 73.1 Å². The Hall–Kier alpha value is -0.680. The third kappa shape index (κ3) is 4.36. The molecule has 0 aromatic rings. The van der Waals surface area contributed by atoms with Crippen LogP contribution >= 0.6 is 0 Å². The number of hydrogen-bond donors (Lipinski definition) is 2. The van der Waals surface area contributed by atoms with Crippen molar-refractivity contribution in [2.45, 2.75) is 102 Å². The van der Waals surface area contributed by atoms with E-state index in [4.69, 9.17) is 9.47 Å². The van der Waals surface area contributed by atoms with E-state index in [1.54, 1.807) is 7.11 Å². The van der Waals surface area contributed by atoms with Gasteiger partial charge in [-0.15, -0.1) is 0 Å². The van der Waals surface area contributed by atoms with Crippen LogP contribution in [-0.2, 0) is 9.47 Å². The molecular formula is C21H36O4. The van der Waals surface area contributed by atoms with Crippen LogP contribution in [0.15, 0.2) is 23.8 Å². The van der Waals surface area contributed by atoms with Crippen LogP contribution in [0.4, 0.5) is 0 Å². The van der Waals surface area contributed by atoms with Gasteiger partial charge in [0.25, 0.3) is 0 Å². The first kappa shape index (κ1) is 20.6. The van der Waals surface area contributed by atoms with Crippen molar-refractivity contribution in [3.8, 4) is 0 Å². The fraction of sp³-hybridized carbons (Fsp3) is 0.810. The Morgan fingerprint density at radius 2 is 1.88 bits per heavy atom. The van der Waals surface area contributed by atoms with Crippen molar-refractivity contribution in [2.24, 2.45) is 0 Å². The van der Waals surface area contributed by atoms with Crippen LogP contribution in [0.2, 0.25) is 0 Å². The second-order valence-electron chi connectivity index (χ2n) is 8.85. The molecule has 1 saturated heterocycles. The van der Waals surface area contributed by atoms with E-state index in [-0.39, 0.29) is 0 Å². The molecule has 2 heterocycles. The van der Waals surface area contributed by atoms with E-state index >= 15 is 0 Å². The Morgan fingerprint density at radius 3 is 2.52 bits per heavy atom. The molecule has 2 aliphatic heterocycles. The summed E-state index contributed by atoms with van der Waals surface area (Å²) in [6.07, 6.45) is 9.99. The van der Waals surface area contributed by atoms with Gasteiger partial charge in [0.05, 0.1) is 22.9 Å². The zero-order valence-electron chi connectivity index (χ0n) is 16.8. The largest absolute Gasteiger partial charge is 0.390 e. The second-order valence-corrected chi connectivity index (χ2v) is 8.85. The Labute approximate surface area is 152 Å². The maximum absolute atomic E-state index is 10.8. The lowest BCUT2D eigenvalue weighted by Crippen LogP contribution is -2.53. The molecule has 1 fully saturated rings. The molecule has 4 heteroatoms. The summed E-state index contributed by atoms with van der Waals surface area (Å²) in [5.74, 6) is 0. The molecule has 2 bridgehead atoms. The van der Waals surface area contributed by atoms with E-state index in [0.717, 1.165) is 25.7 Å². The topological polar surface area (TPSA) is 58.9 Å². The van der Waals surface area contributed by atoms with E-state index in [2.05, 4.69) is 13.0 Å². The fourth-order valence-corrected chi connectivity index (χ4v) is 3.88. The molecule has 2 aliphatic rings. The minimum absolute atomic E-state index is 0.528. The molecule has 2 N–H and O–H groups in total. The number of methoxy groups -OCH3 is 1. The van der Waals surface area contributed by atoms with E-state index < -0.39 is 28.5 Å². The Bertz CT molecular complexity index is 534. The van der Waals surface area contributed by atoms with Gasteiger partial charge in [-0.25, -0.2) is 0 Å². The van der Waals surface area contributed by atoms with E-state index in [9.17, 15) is 10.2 Å². The van der Waals surface area contributed by atoms with Crippen LogP contribution < -0.4 is 0 Å².